The molecule has 2 rings (SSSR count). The number of nitriles is 1. The van der Waals surface area contributed by atoms with Gasteiger partial charge in [0.1, 0.15) is 17.6 Å². The van der Waals surface area contributed by atoms with E-state index in [1.165, 1.54) is 30.3 Å². The Bertz CT molecular complexity index is 632. The molecule has 0 saturated heterocycles. The lowest BCUT2D eigenvalue weighted by atomic mass is 10.2. The molecule has 0 spiro atoms. The minimum absolute atomic E-state index is 0.0998. The maximum Gasteiger partial charge on any atom is 0.343 e. The normalized spacial score (nSPS) is 9.56. The Hall–Kier alpha value is -2.67. The molecule has 2 aromatic rings. The number of para-hydroxylation sites is 1. The van der Waals surface area contributed by atoms with E-state index in [4.69, 9.17) is 10.00 Å². The summed E-state index contributed by atoms with van der Waals surface area (Å²) in [6, 6.07) is 13.5. The van der Waals surface area contributed by atoms with Gasteiger partial charge >= 0.3 is 5.97 Å². The Balaban J connectivity index is 2.25. The summed E-state index contributed by atoms with van der Waals surface area (Å²) in [6.07, 6.45) is 0. The highest BCUT2D eigenvalue weighted by Crippen LogP contribution is 2.18. The largest absolute Gasteiger partial charge is 0.422 e. The van der Waals surface area contributed by atoms with Crippen LogP contribution in [0.15, 0.2) is 48.5 Å². The van der Waals surface area contributed by atoms with Gasteiger partial charge in [-0.3, -0.25) is 0 Å². The highest BCUT2D eigenvalue weighted by Gasteiger charge is 2.11. The fraction of sp³-hybridized carbons (Fsp3) is 0. The molecular formula is C14H8FNO2. The average Bonchev–Trinajstić information content (AvgIpc) is 2.39. The Morgan fingerprint density at radius 1 is 1.17 bits per heavy atom. The van der Waals surface area contributed by atoms with Gasteiger partial charge in [-0.2, -0.15) is 5.26 Å². The maximum atomic E-state index is 13.0. The summed E-state index contributed by atoms with van der Waals surface area (Å²) in [6.45, 7) is 0. The fourth-order valence-corrected chi connectivity index (χ4v) is 1.42. The van der Waals surface area contributed by atoms with Crippen molar-refractivity contribution in [2.75, 3.05) is 0 Å². The number of hydrogen-bond donors (Lipinski definition) is 0. The van der Waals surface area contributed by atoms with Gasteiger partial charge in [0.15, 0.2) is 0 Å². The van der Waals surface area contributed by atoms with Crippen LogP contribution in [-0.4, -0.2) is 5.97 Å². The van der Waals surface area contributed by atoms with Crippen LogP contribution in [0.4, 0.5) is 4.39 Å². The van der Waals surface area contributed by atoms with E-state index < -0.39 is 11.8 Å². The zero-order valence-corrected chi connectivity index (χ0v) is 9.26. The van der Waals surface area contributed by atoms with E-state index in [0.717, 1.165) is 6.07 Å². The number of esters is 1. The van der Waals surface area contributed by atoms with Crippen molar-refractivity contribution < 1.29 is 13.9 Å². The molecule has 0 aliphatic heterocycles. The van der Waals surface area contributed by atoms with Crippen molar-refractivity contribution in [2.45, 2.75) is 0 Å². The standard InChI is InChI=1S/C14H8FNO2/c15-12-6-3-5-10(8-12)14(17)18-13-7-2-1-4-11(13)9-16/h1-8H. The second-order valence-electron chi connectivity index (χ2n) is 3.51. The smallest absolute Gasteiger partial charge is 0.343 e. The van der Waals surface area contributed by atoms with Gasteiger partial charge in [0.2, 0.25) is 0 Å². The monoisotopic (exact) mass is 241 g/mol. The molecule has 4 heteroatoms. The van der Waals surface area contributed by atoms with Crippen molar-refractivity contribution in [3.05, 3.63) is 65.5 Å². The number of nitrogens with zero attached hydrogens (tertiary/aromatic N) is 1. The number of hydrogen-bond acceptors (Lipinski definition) is 3. The van der Waals surface area contributed by atoms with Gasteiger partial charge in [0, 0.05) is 0 Å². The highest BCUT2D eigenvalue weighted by molar-refractivity contribution is 5.91. The second kappa shape index (κ2) is 5.11. The average molecular weight is 241 g/mol. The first kappa shape index (κ1) is 11.8. The van der Waals surface area contributed by atoms with E-state index in [1.807, 2.05) is 6.07 Å². The summed E-state index contributed by atoms with van der Waals surface area (Å²) in [5, 5.41) is 8.84. The van der Waals surface area contributed by atoms with E-state index in [-0.39, 0.29) is 16.9 Å². The van der Waals surface area contributed by atoms with Crippen molar-refractivity contribution >= 4 is 5.97 Å². The number of halogens is 1. The summed E-state index contributed by atoms with van der Waals surface area (Å²) in [5.74, 6) is -1.05. The molecule has 0 atom stereocenters. The molecule has 0 heterocycles. The van der Waals surface area contributed by atoms with Gasteiger partial charge in [-0.15, -0.1) is 0 Å². The van der Waals surface area contributed by atoms with Crippen LogP contribution in [-0.2, 0) is 0 Å². The zero-order valence-electron chi connectivity index (χ0n) is 9.26. The minimum atomic E-state index is -0.697. The summed E-state index contributed by atoms with van der Waals surface area (Å²) in [4.78, 5) is 11.7. The number of carbonyl (C=O) groups excluding carboxylic acids is 1. The van der Waals surface area contributed by atoms with Gasteiger partial charge in [0.25, 0.3) is 0 Å². The van der Waals surface area contributed by atoms with Gasteiger partial charge in [-0.05, 0) is 30.3 Å². The van der Waals surface area contributed by atoms with Gasteiger partial charge < -0.3 is 4.74 Å². The molecule has 18 heavy (non-hydrogen) atoms. The van der Waals surface area contributed by atoms with E-state index in [2.05, 4.69) is 0 Å². The second-order valence-corrected chi connectivity index (χ2v) is 3.51. The molecule has 0 fully saturated rings. The van der Waals surface area contributed by atoms with Crippen LogP contribution in [0.5, 0.6) is 5.75 Å². The predicted molar refractivity (Wildman–Crippen MR) is 62.5 cm³/mol. The Morgan fingerprint density at radius 3 is 2.67 bits per heavy atom. The quantitative estimate of drug-likeness (QED) is 0.600. The molecule has 0 aromatic heterocycles. The minimum Gasteiger partial charge on any atom is -0.422 e. The summed E-state index contributed by atoms with van der Waals surface area (Å²) < 4.78 is 18.0. The third-order valence-corrected chi connectivity index (χ3v) is 2.27. The van der Waals surface area contributed by atoms with Crippen molar-refractivity contribution in [1.29, 1.82) is 5.26 Å². The Labute approximate surface area is 103 Å². The molecule has 0 bridgehead atoms. The topological polar surface area (TPSA) is 50.1 Å². The van der Waals surface area contributed by atoms with Crippen molar-refractivity contribution in [2.24, 2.45) is 0 Å². The number of ether oxygens (including phenoxy) is 1. The summed E-state index contributed by atoms with van der Waals surface area (Å²) in [7, 11) is 0. The van der Waals surface area contributed by atoms with Crippen LogP contribution in [0.2, 0.25) is 0 Å². The molecule has 0 saturated carbocycles. The van der Waals surface area contributed by atoms with Gasteiger partial charge in [0.05, 0.1) is 11.1 Å². The lowest BCUT2D eigenvalue weighted by Crippen LogP contribution is -2.09. The van der Waals surface area contributed by atoms with Crippen molar-refractivity contribution in [3.8, 4) is 11.8 Å². The highest BCUT2D eigenvalue weighted by atomic mass is 19.1. The van der Waals surface area contributed by atoms with Crippen LogP contribution in [0.3, 0.4) is 0 Å². The SMILES string of the molecule is N#Cc1ccccc1OC(=O)c1cccc(F)c1. The third-order valence-electron chi connectivity index (χ3n) is 2.27. The van der Waals surface area contributed by atoms with Crippen LogP contribution in [0.25, 0.3) is 0 Å². The number of rotatable bonds is 2. The lowest BCUT2D eigenvalue weighted by Gasteiger charge is -2.05. The summed E-state index contributed by atoms with van der Waals surface area (Å²) in [5.41, 5.74) is 0.352. The molecule has 88 valence electrons. The number of carbonyl (C=O) groups is 1. The molecule has 0 N–H and O–H groups in total. The van der Waals surface area contributed by atoms with Gasteiger partial charge in [-0.25, -0.2) is 9.18 Å². The maximum absolute atomic E-state index is 13.0. The molecule has 0 aliphatic rings. The zero-order chi connectivity index (χ0) is 13.0. The molecule has 0 amide bonds. The van der Waals surface area contributed by atoms with Crippen LogP contribution in [0.1, 0.15) is 15.9 Å². The molecular weight excluding hydrogens is 233 g/mol. The molecule has 2 aromatic carbocycles. The summed E-state index contributed by atoms with van der Waals surface area (Å²) >= 11 is 0. The number of benzene rings is 2. The molecule has 3 nitrogen and oxygen atoms in total. The molecule has 0 radical (unpaired) electrons. The third kappa shape index (κ3) is 2.53. The fourth-order valence-electron chi connectivity index (χ4n) is 1.42. The van der Waals surface area contributed by atoms with E-state index in [1.54, 1.807) is 12.1 Å². The van der Waals surface area contributed by atoms with E-state index in [0.29, 0.717) is 0 Å². The van der Waals surface area contributed by atoms with Crippen molar-refractivity contribution in [1.82, 2.24) is 0 Å². The Morgan fingerprint density at radius 2 is 1.94 bits per heavy atom. The van der Waals surface area contributed by atoms with Crippen LogP contribution >= 0.6 is 0 Å². The van der Waals surface area contributed by atoms with Crippen LogP contribution in [0, 0.1) is 17.1 Å². The first-order chi connectivity index (χ1) is 8.70. The Kier molecular flexibility index (Phi) is 3.35. The van der Waals surface area contributed by atoms with Crippen molar-refractivity contribution in [3.63, 3.8) is 0 Å². The first-order valence-corrected chi connectivity index (χ1v) is 5.17. The van der Waals surface area contributed by atoms with E-state index in [9.17, 15) is 9.18 Å². The molecule has 0 aliphatic carbocycles. The van der Waals surface area contributed by atoms with Crippen LogP contribution < -0.4 is 4.74 Å². The first-order valence-electron chi connectivity index (χ1n) is 5.17. The lowest BCUT2D eigenvalue weighted by molar-refractivity contribution is 0.0733. The van der Waals surface area contributed by atoms with E-state index >= 15 is 0 Å². The van der Waals surface area contributed by atoms with Gasteiger partial charge in [-0.1, -0.05) is 18.2 Å². The molecule has 0 unspecified atom stereocenters. The predicted octanol–water partition coefficient (Wildman–Crippen LogP) is 2.92.